The molecule has 2 heteroatoms. The summed E-state index contributed by atoms with van der Waals surface area (Å²) < 4.78 is 3.63. The molecule has 0 unspecified atom stereocenters. The van der Waals surface area contributed by atoms with Crippen LogP contribution in [0.1, 0.15) is 12.8 Å². The molecule has 0 radical (unpaired) electrons. The Balaban J connectivity index is 2.41. The maximum absolute atomic E-state index is 2.66. The van der Waals surface area contributed by atoms with Crippen LogP contribution in [0.4, 0.5) is 0 Å². The fourth-order valence-electron chi connectivity index (χ4n) is 2.81. The van der Waals surface area contributed by atoms with Crippen molar-refractivity contribution in [2.75, 3.05) is 0 Å². The molecule has 0 saturated carbocycles. The first-order chi connectivity index (χ1) is 7.46. The molecule has 0 aromatic rings. The van der Waals surface area contributed by atoms with Crippen LogP contribution in [0.25, 0.3) is 0 Å². The summed E-state index contributed by atoms with van der Waals surface area (Å²) in [7, 11) is 0. The van der Waals surface area contributed by atoms with Crippen LogP contribution < -0.4 is 0 Å². The van der Waals surface area contributed by atoms with Crippen LogP contribution in [0, 0.1) is 0 Å². The van der Waals surface area contributed by atoms with Gasteiger partial charge in [-0.1, -0.05) is 0 Å². The SMILES string of the molecule is C[Si](C)(C)[Ti]([CH3])([C]1=CC=CC1)[C]1=CC=CC1. The Hall–Kier alpha value is -0.109. The van der Waals surface area contributed by atoms with E-state index in [0.717, 1.165) is 0 Å². The Morgan fingerprint density at radius 1 is 0.938 bits per heavy atom. The van der Waals surface area contributed by atoms with Crippen molar-refractivity contribution in [1.29, 1.82) is 0 Å². The van der Waals surface area contributed by atoms with E-state index in [9.17, 15) is 0 Å². The van der Waals surface area contributed by atoms with E-state index in [1.807, 2.05) is 7.76 Å². The van der Waals surface area contributed by atoms with Crippen molar-refractivity contribution in [2.45, 2.75) is 37.7 Å². The standard InChI is InChI=1S/2C5H5.C3H9Si.CH3.Ti/c2*1-2-4-5-3-1;1-4(2)3;;/h2*1-3H,4H2;1-3H3;1H3;. The van der Waals surface area contributed by atoms with Gasteiger partial charge in [0.25, 0.3) is 0 Å². The first-order valence-corrected chi connectivity index (χ1v) is 15.1. The molecule has 0 aromatic carbocycles. The number of rotatable bonds is 3. The molecule has 2 aliphatic rings. The molecule has 0 spiro atoms. The molecule has 0 heterocycles. The van der Waals surface area contributed by atoms with Gasteiger partial charge in [-0.25, -0.2) is 0 Å². The zero-order valence-corrected chi connectivity index (χ0v) is 13.4. The van der Waals surface area contributed by atoms with Crippen LogP contribution in [0.5, 0.6) is 0 Å². The molecule has 0 aliphatic heterocycles. The van der Waals surface area contributed by atoms with E-state index in [1.54, 1.807) is 0 Å². The molecular formula is C14H22SiTi. The zero-order chi connectivity index (χ0) is 11.8. The third-order valence-corrected chi connectivity index (χ3v) is 29.2. The van der Waals surface area contributed by atoms with Gasteiger partial charge >= 0.3 is 104 Å². The molecule has 2 aliphatic carbocycles. The predicted molar refractivity (Wildman–Crippen MR) is 72.9 cm³/mol. The molecule has 16 heavy (non-hydrogen) atoms. The Bertz CT molecular complexity index is 375. The summed E-state index contributed by atoms with van der Waals surface area (Å²) >= 11 is -1.94. The second-order valence-electron chi connectivity index (χ2n) is 6.02. The van der Waals surface area contributed by atoms with E-state index in [2.05, 4.69) is 61.3 Å². The third kappa shape index (κ3) is 1.90. The van der Waals surface area contributed by atoms with E-state index in [0.29, 0.717) is 0 Å². The molecular weight excluding hydrogens is 244 g/mol. The van der Waals surface area contributed by atoms with Crippen molar-refractivity contribution in [3.8, 4) is 0 Å². The van der Waals surface area contributed by atoms with Gasteiger partial charge in [0.2, 0.25) is 0 Å². The maximum atomic E-state index is 2.66. The Morgan fingerprint density at radius 3 is 1.62 bits per heavy atom. The first-order valence-electron chi connectivity index (χ1n) is 6.18. The zero-order valence-electron chi connectivity index (χ0n) is 10.9. The first kappa shape index (κ1) is 12.4. The van der Waals surface area contributed by atoms with Crippen LogP contribution >= 0.6 is 0 Å². The summed E-state index contributed by atoms with van der Waals surface area (Å²) in [4.78, 5) is 0. The summed E-state index contributed by atoms with van der Waals surface area (Å²) in [6.45, 7) is 7.72. The molecule has 2 rings (SSSR count). The monoisotopic (exact) mass is 266 g/mol. The fourth-order valence-corrected chi connectivity index (χ4v) is 18.9. The van der Waals surface area contributed by atoms with E-state index in [1.165, 1.54) is 12.8 Å². The summed E-state index contributed by atoms with van der Waals surface area (Å²) in [5.74, 6) is -1.07. The van der Waals surface area contributed by atoms with E-state index >= 15 is 0 Å². The number of hydrogen-bond acceptors (Lipinski definition) is 0. The van der Waals surface area contributed by atoms with Crippen molar-refractivity contribution in [2.24, 2.45) is 0 Å². The summed E-state index contributed by atoms with van der Waals surface area (Å²) in [6.07, 6.45) is 16.5. The number of hydrogen-bond donors (Lipinski definition) is 0. The summed E-state index contributed by atoms with van der Waals surface area (Å²) in [5, 5.41) is 2.66. The average Bonchev–Trinajstić information content (AvgIpc) is 2.88. The van der Waals surface area contributed by atoms with Gasteiger partial charge in [0, 0.05) is 0 Å². The van der Waals surface area contributed by atoms with Gasteiger partial charge in [-0.2, -0.15) is 0 Å². The molecule has 0 nitrogen and oxygen atoms in total. The van der Waals surface area contributed by atoms with Crippen LogP contribution in [-0.4, -0.2) is 5.94 Å². The predicted octanol–water partition coefficient (Wildman–Crippen LogP) is 4.71. The van der Waals surface area contributed by atoms with Gasteiger partial charge < -0.3 is 0 Å². The van der Waals surface area contributed by atoms with Gasteiger partial charge in [-0.15, -0.1) is 0 Å². The van der Waals surface area contributed by atoms with Crippen LogP contribution in [0.2, 0.25) is 24.9 Å². The molecule has 86 valence electrons. The quantitative estimate of drug-likeness (QED) is 0.649. The Kier molecular flexibility index (Phi) is 3.31. The van der Waals surface area contributed by atoms with Crippen LogP contribution in [0.15, 0.2) is 44.2 Å². The summed E-state index contributed by atoms with van der Waals surface area (Å²) in [5.41, 5.74) is 0. The van der Waals surface area contributed by atoms with Gasteiger partial charge in [0.1, 0.15) is 0 Å². The molecule has 0 aromatic heterocycles. The van der Waals surface area contributed by atoms with Crippen molar-refractivity contribution >= 4 is 5.94 Å². The van der Waals surface area contributed by atoms with Crippen molar-refractivity contribution < 1.29 is 15.8 Å². The minimum atomic E-state index is -1.94. The van der Waals surface area contributed by atoms with Crippen LogP contribution in [-0.2, 0) is 15.8 Å². The van der Waals surface area contributed by atoms with Crippen molar-refractivity contribution in [3.63, 3.8) is 0 Å². The minimum absolute atomic E-state index is 1.07. The topological polar surface area (TPSA) is 0 Å². The van der Waals surface area contributed by atoms with E-state index in [-0.39, 0.29) is 0 Å². The normalized spacial score (nSPS) is 20.2. The van der Waals surface area contributed by atoms with E-state index in [4.69, 9.17) is 0 Å². The van der Waals surface area contributed by atoms with Crippen molar-refractivity contribution in [3.05, 3.63) is 44.2 Å². The Labute approximate surface area is 103 Å². The fraction of sp³-hybridized carbons (Fsp3) is 0.429. The molecule has 0 amide bonds. The van der Waals surface area contributed by atoms with Crippen LogP contribution in [0.3, 0.4) is 0 Å². The summed E-state index contributed by atoms with van der Waals surface area (Å²) in [6, 6.07) is 0. The van der Waals surface area contributed by atoms with Gasteiger partial charge in [0.15, 0.2) is 0 Å². The second kappa shape index (κ2) is 4.29. The molecule has 0 atom stereocenters. The van der Waals surface area contributed by atoms with Gasteiger partial charge in [-0.3, -0.25) is 0 Å². The number of allylic oxidation sites excluding steroid dienone is 8. The van der Waals surface area contributed by atoms with E-state index < -0.39 is 21.8 Å². The molecule has 0 N–H and O–H groups in total. The average molecular weight is 266 g/mol. The molecule has 0 fully saturated rings. The second-order valence-corrected chi connectivity index (χ2v) is 27.2. The van der Waals surface area contributed by atoms with Gasteiger partial charge in [0.05, 0.1) is 0 Å². The van der Waals surface area contributed by atoms with Gasteiger partial charge in [-0.05, 0) is 0 Å². The molecule has 0 bridgehead atoms. The third-order valence-electron chi connectivity index (χ3n) is 4.33. The van der Waals surface area contributed by atoms with Crippen molar-refractivity contribution in [1.82, 2.24) is 0 Å². The molecule has 0 saturated heterocycles. The Morgan fingerprint density at radius 2 is 1.38 bits per heavy atom.